The lowest BCUT2D eigenvalue weighted by atomic mass is 9.89. The van der Waals surface area contributed by atoms with Gasteiger partial charge >= 0.3 is 0 Å². The van der Waals surface area contributed by atoms with Crippen LogP contribution in [-0.4, -0.2) is 41.2 Å². The number of hydrogen-bond acceptors (Lipinski definition) is 6. The van der Waals surface area contributed by atoms with E-state index in [1.165, 1.54) is 0 Å². The third-order valence-electron chi connectivity index (χ3n) is 6.61. The molecular formula is C25H32N6O2. The fraction of sp³-hybridized carbons (Fsp3) is 0.560. The van der Waals surface area contributed by atoms with Crippen molar-refractivity contribution < 1.29 is 9.53 Å². The average molecular weight is 449 g/mol. The van der Waals surface area contributed by atoms with Crippen molar-refractivity contribution >= 4 is 5.78 Å². The molecule has 2 bridgehead atoms. The van der Waals surface area contributed by atoms with Crippen molar-refractivity contribution in [1.82, 2.24) is 29.3 Å². The Morgan fingerprint density at radius 3 is 2.55 bits per heavy atom. The van der Waals surface area contributed by atoms with E-state index >= 15 is 0 Å². The molecule has 8 heteroatoms. The quantitative estimate of drug-likeness (QED) is 0.594. The van der Waals surface area contributed by atoms with E-state index in [-0.39, 0.29) is 30.0 Å². The van der Waals surface area contributed by atoms with Crippen LogP contribution in [0.25, 0.3) is 17.3 Å². The smallest absolute Gasteiger partial charge is 0.172 e. The molecule has 2 unspecified atom stereocenters. The summed E-state index contributed by atoms with van der Waals surface area (Å²) in [5.74, 6) is 1.56. The van der Waals surface area contributed by atoms with Gasteiger partial charge in [-0.15, -0.1) is 0 Å². The number of carbonyl (C=O) groups is 1. The summed E-state index contributed by atoms with van der Waals surface area (Å²) in [5, 5.41) is 5.02. The number of ether oxygens (including phenoxy) is 1. The summed E-state index contributed by atoms with van der Waals surface area (Å²) in [5.41, 5.74) is 3.41. The minimum atomic E-state index is -0.442. The number of ketones is 1. The van der Waals surface area contributed by atoms with Crippen LogP contribution in [0.3, 0.4) is 0 Å². The number of rotatable bonds is 4. The van der Waals surface area contributed by atoms with Crippen LogP contribution in [0.5, 0.6) is 0 Å². The predicted molar refractivity (Wildman–Crippen MR) is 124 cm³/mol. The molecule has 2 aliphatic heterocycles. The summed E-state index contributed by atoms with van der Waals surface area (Å²) in [4.78, 5) is 26.7. The monoisotopic (exact) mass is 448 g/mol. The Morgan fingerprint density at radius 1 is 1.09 bits per heavy atom. The van der Waals surface area contributed by atoms with Gasteiger partial charge in [-0.25, -0.2) is 14.6 Å². The Morgan fingerprint density at radius 2 is 1.88 bits per heavy atom. The van der Waals surface area contributed by atoms with E-state index in [0.717, 1.165) is 47.7 Å². The summed E-state index contributed by atoms with van der Waals surface area (Å²) in [6.07, 6.45) is 9.91. The van der Waals surface area contributed by atoms with E-state index in [4.69, 9.17) is 14.8 Å². The standard InChI is InChI=1S/C25H32N6O2/c1-24(2,3)18-12-28-23(30(18)14-19(32)25(4,5)6)21-16-11-15-7-8-17(33-15)22(16)31(29-21)20-13-26-9-10-27-20/h9-10,12-13,15,17H,7-8,11,14H2,1-6H3. The lowest BCUT2D eigenvalue weighted by Gasteiger charge is -2.25. The number of aromatic nitrogens is 6. The summed E-state index contributed by atoms with van der Waals surface area (Å²) >= 11 is 0. The van der Waals surface area contributed by atoms with Gasteiger partial charge in [-0.05, 0) is 12.8 Å². The molecule has 3 aromatic rings. The number of imidazole rings is 1. The molecule has 3 aromatic heterocycles. The van der Waals surface area contributed by atoms with Crippen LogP contribution >= 0.6 is 0 Å². The zero-order valence-electron chi connectivity index (χ0n) is 20.3. The molecule has 0 N–H and O–H groups in total. The van der Waals surface area contributed by atoms with Crippen LogP contribution in [-0.2, 0) is 27.9 Å². The van der Waals surface area contributed by atoms with Gasteiger partial charge in [-0.1, -0.05) is 41.5 Å². The lowest BCUT2D eigenvalue weighted by Crippen LogP contribution is -2.28. The minimum Gasteiger partial charge on any atom is -0.368 e. The van der Waals surface area contributed by atoms with Gasteiger partial charge in [0.25, 0.3) is 0 Å². The first kappa shape index (κ1) is 21.9. The van der Waals surface area contributed by atoms with Crippen molar-refractivity contribution in [3.63, 3.8) is 0 Å². The summed E-state index contributed by atoms with van der Waals surface area (Å²) in [6.45, 7) is 12.6. The largest absolute Gasteiger partial charge is 0.368 e. The summed E-state index contributed by atoms with van der Waals surface area (Å²) in [6, 6.07) is 0. The van der Waals surface area contributed by atoms with Crippen LogP contribution in [0.4, 0.5) is 0 Å². The van der Waals surface area contributed by atoms with Gasteiger partial charge < -0.3 is 9.30 Å². The van der Waals surface area contributed by atoms with Crippen molar-refractivity contribution in [2.24, 2.45) is 5.41 Å². The number of nitrogens with zero attached hydrogens (tertiary/aromatic N) is 6. The Kier molecular flexibility index (Phi) is 5.04. The maximum absolute atomic E-state index is 13.1. The van der Waals surface area contributed by atoms with Crippen LogP contribution in [0.15, 0.2) is 24.8 Å². The summed E-state index contributed by atoms with van der Waals surface area (Å²) in [7, 11) is 0. The fourth-order valence-electron chi connectivity index (χ4n) is 4.74. The molecule has 0 saturated carbocycles. The molecule has 1 saturated heterocycles. The van der Waals surface area contributed by atoms with Crippen LogP contribution in [0, 0.1) is 5.41 Å². The molecule has 0 aromatic carbocycles. The van der Waals surface area contributed by atoms with Gasteiger partial charge in [0.15, 0.2) is 17.4 Å². The third-order valence-corrected chi connectivity index (χ3v) is 6.61. The van der Waals surface area contributed by atoms with E-state index < -0.39 is 5.41 Å². The van der Waals surface area contributed by atoms with E-state index in [1.54, 1.807) is 18.6 Å². The molecule has 0 spiro atoms. The highest BCUT2D eigenvalue weighted by Crippen LogP contribution is 2.45. The van der Waals surface area contributed by atoms with Gasteiger partial charge in [-0.3, -0.25) is 9.78 Å². The molecule has 1 fully saturated rings. The molecule has 0 amide bonds. The normalized spacial score (nSPS) is 20.2. The van der Waals surface area contributed by atoms with Crippen LogP contribution in [0.2, 0.25) is 0 Å². The molecular weight excluding hydrogens is 416 g/mol. The Labute approximate surface area is 194 Å². The molecule has 0 aliphatic carbocycles. The van der Waals surface area contributed by atoms with E-state index in [2.05, 4.69) is 35.3 Å². The van der Waals surface area contributed by atoms with E-state index in [0.29, 0.717) is 5.82 Å². The second-order valence-corrected chi connectivity index (χ2v) is 11.2. The Bertz CT molecular complexity index is 1200. The predicted octanol–water partition coefficient (Wildman–Crippen LogP) is 4.21. The SMILES string of the molecule is CC(C)(C)C(=O)Cn1c(C(C)(C)C)cnc1-c1nn(-c2cnccn2)c2c1CC1CCC2O1. The first-order valence-electron chi connectivity index (χ1n) is 11.7. The molecule has 174 valence electrons. The van der Waals surface area contributed by atoms with Crippen molar-refractivity contribution in [2.75, 3.05) is 0 Å². The number of Topliss-reactive ketones (excluding diaryl/α,β-unsaturated/α-hetero) is 1. The topological polar surface area (TPSA) is 87.7 Å². The van der Waals surface area contributed by atoms with E-state index in [1.807, 2.05) is 31.6 Å². The maximum atomic E-state index is 13.1. The second kappa shape index (κ2) is 7.58. The third kappa shape index (κ3) is 3.80. The van der Waals surface area contributed by atoms with Gasteiger partial charge in [0.1, 0.15) is 11.8 Å². The van der Waals surface area contributed by atoms with Gasteiger partial charge in [0, 0.05) is 47.1 Å². The number of carbonyl (C=O) groups excluding carboxylic acids is 1. The van der Waals surface area contributed by atoms with Crippen molar-refractivity contribution in [3.8, 4) is 17.3 Å². The molecule has 5 heterocycles. The van der Waals surface area contributed by atoms with Gasteiger partial charge in [-0.2, -0.15) is 5.10 Å². The van der Waals surface area contributed by atoms with Crippen molar-refractivity contribution in [3.05, 3.63) is 41.7 Å². The Hall–Kier alpha value is -2.87. The molecule has 8 nitrogen and oxygen atoms in total. The van der Waals surface area contributed by atoms with Crippen molar-refractivity contribution in [1.29, 1.82) is 0 Å². The first-order chi connectivity index (χ1) is 15.5. The van der Waals surface area contributed by atoms with E-state index in [9.17, 15) is 4.79 Å². The first-order valence-corrected chi connectivity index (χ1v) is 11.7. The fourth-order valence-corrected chi connectivity index (χ4v) is 4.74. The lowest BCUT2D eigenvalue weighted by molar-refractivity contribution is -0.126. The number of fused-ring (bicyclic) bond motifs is 4. The Balaban J connectivity index is 1.71. The number of hydrogen-bond donors (Lipinski definition) is 0. The van der Waals surface area contributed by atoms with Crippen LogP contribution < -0.4 is 0 Å². The molecule has 2 atom stereocenters. The highest BCUT2D eigenvalue weighted by Gasteiger charge is 2.41. The van der Waals surface area contributed by atoms with Gasteiger partial charge in [0.2, 0.25) is 0 Å². The minimum absolute atomic E-state index is 0.0105. The molecule has 33 heavy (non-hydrogen) atoms. The zero-order chi connectivity index (χ0) is 23.5. The average Bonchev–Trinajstić information content (AvgIpc) is 3.43. The zero-order valence-corrected chi connectivity index (χ0v) is 20.3. The van der Waals surface area contributed by atoms with Crippen LogP contribution in [0.1, 0.15) is 77.4 Å². The van der Waals surface area contributed by atoms with Crippen molar-refractivity contribution in [2.45, 2.75) is 85.0 Å². The maximum Gasteiger partial charge on any atom is 0.172 e. The molecule has 2 aliphatic rings. The summed E-state index contributed by atoms with van der Waals surface area (Å²) < 4.78 is 10.2. The molecule has 5 rings (SSSR count). The van der Waals surface area contributed by atoms with Gasteiger partial charge in [0.05, 0.1) is 24.5 Å². The highest BCUT2D eigenvalue weighted by atomic mass is 16.5. The second-order valence-electron chi connectivity index (χ2n) is 11.2. The molecule has 0 radical (unpaired) electrons. The highest BCUT2D eigenvalue weighted by molar-refractivity contribution is 5.84.